The van der Waals surface area contributed by atoms with Crippen LogP contribution < -0.4 is 5.32 Å². The third-order valence-electron chi connectivity index (χ3n) is 5.43. The average Bonchev–Trinajstić information content (AvgIpc) is 3.46. The lowest BCUT2D eigenvalue weighted by atomic mass is 10.1. The summed E-state index contributed by atoms with van der Waals surface area (Å²) in [5.41, 5.74) is 3.41. The first-order valence-electron chi connectivity index (χ1n) is 10.7. The van der Waals surface area contributed by atoms with E-state index >= 15 is 0 Å². The first-order valence-corrected chi connectivity index (χ1v) is 10.7. The summed E-state index contributed by atoms with van der Waals surface area (Å²) in [5, 5.41) is 7.08. The van der Waals surface area contributed by atoms with Crippen LogP contribution in [-0.2, 0) is 24.3 Å². The monoisotopic (exact) mass is 420 g/mol. The van der Waals surface area contributed by atoms with Gasteiger partial charge in [0.1, 0.15) is 6.04 Å². The molecule has 0 radical (unpaired) electrons. The number of urea groups is 1. The number of benzene rings is 2. The molecule has 0 bridgehead atoms. The van der Waals surface area contributed by atoms with Crippen LogP contribution in [0.4, 0.5) is 4.79 Å². The maximum atomic E-state index is 12.7. The lowest BCUT2D eigenvalue weighted by Crippen LogP contribution is -2.39. The fourth-order valence-corrected chi connectivity index (χ4v) is 3.68. The number of aryl methyl sites for hydroxylation is 1. The van der Waals surface area contributed by atoms with E-state index in [9.17, 15) is 4.79 Å². The third-order valence-corrected chi connectivity index (χ3v) is 5.43. The number of rotatable bonds is 8. The van der Waals surface area contributed by atoms with Gasteiger partial charge < -0.3 is 19.5 Å². The first-order chi connectivity index (χ1) is 15.2. The number of aromatic nitrogens is 2. The van der Waals surface area contributed by atoms with Gasteiger partial charge in [-0.2, -0.15) is 4.98 Å². The molecule has 0 aliphatic carbocycles. The second kappa shape index (κ2) is 10.2. The van der Waals surface area contributed by atoms with E-state index in [2.05, 4.69) is 15.5 Å². The predicted molar refractivity (Wildman–Crippen MR) is 116 cm³/mol. The molecule has 1 aliphatic heterocycles. The fraction of sp³-hybridized carbons (Fsp3) is 0.375. The Hall–Kier alpha value is -3.19. The number of hydrogen-bond donors (Lipinski definition) is 1. The minimum Gasteiger partial charge on any atom is -0.376 e. The highest BCUT2D eigenvalue weighted by Crippen LogP contribution is 2.30. The van der Waals surface area contributed by atoms with Crippen LogP contribution in [0.5, 0.6) is 0 Å². The van der Waals surface area contributed by atoms with E-state index in [0.717, 1.165) is 24.0 Å². The summed E-state index contributed by atoms with van der Waals surface area (Å²) >= 11 is 0. The van der Waals surface area contributed by atoms with E-state index in [1.807, 2.05) is 61.5 Å². The molecule has 7 heteroatoms. The van der Waals surface area contributed by atoms with Gasteiger partial charge in [0, 0.05) is 19.5 Å². The summed E-state index contributed by atoms with van der Waals surface area (Å²) in [4.78, 5) is 19.0. The number of hydrogen-bond acceptors (Lipinski definition) is 5. The lowest BCUT2D eigenvalue weighted by molar-refractivity contribution is 0.122. The topological polar surface area (TPSA) is 80.5 Å². The smallest absolute Gasteiger partial charge is 0.318 e. The number of ether oxygens (including phenoxy) is 1. The highest BCUT2D eigenvalue weighted by Gasteiger charge is 2.34. The van der Waals surface area contributed by atoms with Crippen LogP contribution in [0, 0.1) is 6.92 Å². The molecule has 4 rings (SSSR count). The molecule has 1 unspecified atom stereocenters. The van der Waals surface area contributed by atoms with Gasteiger partial charge in [-0.15, -0.1) is 0 Å². The number of likely N-dealkylation sites (tertiary alicyclic amines) is 1. The molecule has 0 spiro atoms. The maximum absolute atomic E-state index is 12.7. The van der Waals surface area contributed by atoms with Crippen molar-refractivity contribution in [2.24, 2.45) is 0 Å². The summed E-state index contributed by atoms with van der Waals surface area (Å²) in [5.74, 6) is 1.11. The number of nitrogens with one attached hydrogen (secondary N) is 1. The van der Waals surface area contributed by atoms with Gasteiger partial charge in [-0.3, -0.25) is 0 Å². The number of amides is 2. The summed E-state index contributed by atoms with van der Waals surface area (Å²) < 4.78 is 11.2. The van der Waals surface area contributed by atoms with Crippen molar-refractivity contribution in [1.29, 1.82) is 0 Å². The average molecular weight is 421 g/mol. The predicted octanol–water partition coefficient (Wildman–Crippen LogP) is 4.18. The van der Waals surface area contributed by atoms with Crippen LogP contribution in [0.3, 0.4) is 0 Å². The molecule has 1 saturated heterocycles. The molecule has 2 heterocycles. The Morgan fingerprint density at radius 2 is 1.97 bits per heavy atom. The Labute approximate surface area is 182 Å². The Balaban J connectivity index is 1.26. The van der Waals surface area contributed by atoms with Gasteiger partial charge in [-0.25, -0.2) is 4.79 Å². The van der Waals surface area contributed by atoms with E-state index in [1.54, 1.807) is 4.90 Å². The van der Waals surface area contributed by atoms with E-state index in [4.69, 9.17) is 9.26 Å². The van der Waals surface area contributed by atoms with Crippen LogP contribution in [-0.4, -0.2) is 34.2 Å². The number of nitrogens with zero attached hydrogens (tertiary/aromatic N) is 3. The highest BCUT2D eigenvalue weighted by atomic mass is 16.5. The van der Waals surface area contributed by atoms with Crippen molar-refractivity contribution in [3.8, 4) is 0 Å². The van der Waals surface area contributed by atoms with Crippen molar-refractivity contribution < 1.29 is 14.1 Å². The molecule has 2 aromatic carbocycles. The van der Waals surface area contributed by atoms with Crippen LogP contribution in [0.15, 0.2) is 59.1 Å². The Bertz CT molecular complexity index is 972. The summed E-state index contributed by atoms with van der Waals surface area (Å²) in [7, 11) is 0. The van der Waals surface area contributed by atoms with Gasteiger partial charge in [-0.1, -0.05) is 65.3 Å². The van der Waals surface area contributed by atoms with Gasteiger partial charge in [0.25, 0.3) is 0 Å². The first kappa shape index (κ1) is 21.1. The summed E-state index contributed by atoms with van der Waals surface area (Å²) in [6.45, 7) is 4.30. The highest BCUT2D eigenvalue weighted by molar-refractivity contribution is 5.75. The molecule has 162 valence electrons. The van der Waals surface area contributed by atoms with Crippen LogP contribution >= 0.6 is 0 Å². The largest absolute Gasteiger partial charge is 0.376 e. The maximum Gasteiger partial charge on any atom is 0.318 e. The van der Waals surface area contributed by atoms with Crippen molar-refractivity contribution in [3.05, 3.63) is 83.0 Å². The second-order valence-corrected chi connectivity index (χ2v) is 7.83. The van der Waals surface area contributed by atoms with Crippen molar-refractivity contribution in [2.75, 3.05) is 13.2 Å². The van der Waals surface area contributed by atoms with Crippen LogP contribution in [0.25, 0.3) is 0 Å². The lowest BCUT2D eigenvalue weighted by Gasteiger charge is -2.22. The molecule has 31 heavy (non-hydrogen) atoms. The molecule has 1 atom stereocenters. The van der Waals surface area contributed by atoms with E-state index < -0.39 is 0 Å². The minimum atomic E-state index is -0.176. The molecule has 1 N–H and O–H groups in total. The minimum absolute atomic E-state index is 0.103. The standard InChI is InChI=1S/C24H28N4O3/c1-18-9-11-19(12-10-18)16-25-24(29)28-14-5-8-21(28)23-26-22(27-31-23)13-15-30-17-20-6-3-2-4-7-20/h2-4,6-7,9-12,21H,5,8,13-17H2,1H3,(H,25,29). The van der Waals surface area contributed by atoms with Gasteiger partial charge in [0.2, 0.25) is 5.89 Å². The van der Waals surface area contributed by atoms with Gasteiger partial charge in [-0.05, 0) is 30.9 Å². The van der Waals surface area contributed by atoms with E-state index in [0.29, 0.717) is 44.4 Å². The van der Waals surface area contributed by atoms with Crippen molar-refractivity contribution in [1.82, 2.24) is 20.4 Å². The zero-order chi connectivity index (χ0) is 21.5. The van der Waals surface area contributed by atoms with Gasteiger partial charge in [0.05, 0.1) is 13.2 Å². The zero-order valence-electron chi connectivity index (χ0n) is 17.8. The summed E-state index contributed by atoms with van der Waals surface area (Å²) in [6.07, 6.45) is 2.31. The quantitative estimate of drug-likeness (QED) is 0.553. The van der Waals surface area contributed by atoms with Gasteiger partial charge in [0.15, 0.2) is 5.82 Å². The van der Waals surface area contributed by atoms with E-state index in [-0.39, 0.29) is 12.1 Å². The molecule has 7 nitrogen and oxygen atoms in total. The second-order valence-electron chi connectivity index (χ2n) is 7.83. The van der Waals surface area contributed by atoms with Gasteiger partial charge >= 0.3 is 6.03 Å². The van der Waals surface area contributed by atoms with Crippen LogP contribution in [0.2, 0.25) is 0 Å². The molecule has 1 fully saturated rings. The van der Waals surface area contributed by atoms with Crippen molar-refractivity contribution >= 4 is 6.03 Å². The van der Waals surface area contributed by atoms with E-state index in [1.165, 1.54) is 5.56 Å². The Kier molecular flexibility index (Phi) is 6.94. The Morgan fingerprint density at radius 3 is 2.77 bits per heavy atom. The zero-order valence-corrected chi connectivity index (χ0v) is 17.8. The molecular weight excluding hydrogens is 392 g/mol. The molecule has 2 amide bonds. The SMILES string of the molecule is Cc1ccc(CNC(=O)N2CCCC2c2nc(CCOCc3ccccc3)no2)cc1. The van der Waals surface area contributed by atoms with Crippen LogP contribution in [0.1, 0.15) is 47.3 Å². The molecular formula is C24H28N4O3. The normalized spacial score (nSPS) is 15.9. The van der Waals surface area contributed by atoms with Crippen molar-refractivity contribution in [2.45, 2.75) is 45.4 Å². The Morgan fingerprint density at radius 1 is 1.16 bits per heavy atom. The molecule has 1 aromatic heterocycles. The molecule has 1 aliphatic rings. The molecule has 0 saturated carbocycles. The number of carbonyl (C=O) groups excluding carboxylic acids is 1. The third kappa shape index (κ3) is 5.70. The van der Waals surface area contributed by atoms with Crippen molar-refractivity contribution in [3.63, 3.8) is 0 Å². The summed E-state index contributed by atoms with van der Waals surface area (Å²) in [6, 6.07) is 17.9. The fourth-order valence-electron chi connectivity index (χ4n) is 3.68. The number of carbonyl (C=O) groups is 1. The molecule has 3 aromatic rings.